The molecule has 0 spiro atoms. The van der Waals surface area contributed by atoms with E-state index in [0.717, 1.165) is 54.0 Å². The quantitative estimate of drug-likeness (QED) is 0.226. The summed E-state index contributed by atoms with van der Waals surface area (Å²) in [4.78, 5) is 35.5. The number of hydrogen-bond acceptors (Lipinski definition) is 4. The van der Waals surface area contributed by atoms with Crippen LogP contribution in [0.5, 0.6) is 0 Å². The molecule has 7 nitrogen and oxygen atoms in total. The maximum Gasteiger partial charge on any atom is 0.319 e. The zero-order valence-corrected chi connectivity index (χ0v) is 25.6. The fourth-order valence-corrected chi connectivity index (χ4v) is 5.94. The molecule has 0 aliphatic carbocycles. The lowest BCUT2D eigenvalue weighted by atomic mass is 9.71. The van der Waals surface area contributed by atoms with Crippen molar-refractivity contribution in [1.82, 2.24) is 20.1 Å². The first-order valence-electron chi connectivity index (χ1n) is 15.3. The third-order valence-corrected chi connectivity index (χ3v) is 8.25. The van der Waals surface area contributed by atoms with Crippen LogP contribution in [0.3, 0.4) is 0 Å². The maximum absolute atomic E-state index is 14.0. The number of hydrogen-bond donors (Lipinski definition) is 2. The van der Waals surface area contributed by atoms with Gasteiger partial charge in [-0.1, -0.05) is 97.1 Å². The van der Waals surface area contributed by atoms with E-state index in [-0.39, 0.29) is 11.9 Å². The van der Waals surface area contributed by atoms with Gasteiger partial charge in [-0.25, -0.2) is 4.79 Å². The number of rotatable bonds is 10. The molecular formula is C37H41N5O2. The molecule has 3 amide bonds. The average molecular weight is 588 g/mol. The van der Waals surface area contributed by atoms with Crippen molar-refractivity contribution in [2.45, 2.75) is 31.7 Å². The predicted molar refractivity (Wildman–Crippen MR) is 178 cm³/mol. The van der Waals surface area contributed by atoms with Gasteiger partial charge in [-0.05, 0) is 67.8 Å². The number of benzene rings is 3. The summed E-state index contributed by atoms with van der Waals surface area (Å²) >= 11 is 0. The van der Waals surface area contributed by atoms with Crippen LogP contribution >= 0.6 is 0 Å². The predicted octanol–water partition coefficient (Wildman–Crippen LogP) is 6.37. The number of carbonyl (C=O) groups excluding carboxylic acids is 2. The average Bonchev–Trinajstić information content (AvgIpc) is 3.05. The van der Waals surface area contributed by atoms with Gasteiger partial charge in [-0.2, -0.15) is 0 Å². The first-order valence-corrected chi connectivity index (χ1v) is 15.3. The van der Waals surface area contributed by atoms with Crippen LogP contribution in [-0.4, -0.2) is 59.9 Å². The van der Waals surface area contributed by atoms with Crippen LogP contribution in [0, 0.1) is 6.92 Å². The number of carbonyl (C=O) groups is 2. The number of pyridine rings is 1. The molecule has 2 N–H and O–H groups in total. The Hall–Kier alpha value is -4.75. The summed E-state index contributed by atoms with van der Waals surface area (Å²) in [5.41, 5.74) is 5.04. The number of nitrogens with zero attached hydrogens (tertiary/aromatic N) is 3. The first-order chi connectivity index (χ1) is 21.4. The summed E-state index contributed by atoms with van der Waals surface area (Å²) in [6.45, 7) is 5.29. The topological polar surface area (TPSA) is 77.6 Å². The van der Waals surface area contributed by atoms with Crippen LogP contribution in [0.1, 0.15) is 40.9 Å². The van der Waals surface area contributed by atoms with Gasteiger partial charge in [-0.3, -0.25) is 9.78 Å². The van der Waals surface area contributed by atoms with Gasteiger partial charge < -0.3 is 20.4 Å². The minimum Gasteiger partial charge on any atom is -0.341 e. The van der Waals surface area contributed by atoms with Gasteiger partial charge in [0.05, 0.1) is 11.1 Å². The second-order valence-corrected chi connectivity index (χ2v) is 11.5. The number of urea groups is 1. The first kappa shape index (κ1) is 30.7. The van der Waals surface area contributed by atoms with Crippen LogP contribution in [-0.2, 0) is 16.8 Å². The molecule has 0 radical (unpaired) electrons. The van der Waals surface area contributed by atoms with Crippen LogP contribution < -0.4 is 10.6 Å². The Labute approximate surface area is 260 Å². The van der Waals surface area contributed by atoms with Gasteiger partial charge >= 0.3 is 6.03 Å². The molecule has 1 saturated heterocycles. The van der Waals surface area contributed by atoms with E-state index in [0.29, 0.717) is 25.3 Å². The number of piperidine rings is 1. The molecule has 44 heavy (non-hydrogen) atoms. The van der Waals surface area contributed by atoms with E-state index < -0.39 is 5.41 Å². The zero-order valence-electron chi connectivity index (χ0n) is 25.6. The van der Waals surface area contributed by atoms with Crippen molar-refractivity contribution >= 4 is 29.8 Å². The Bertz CT molecular complexity index is 1550. The summed E-state index contributed by atoms with van der Waals surface area (Å²) in [6, 6.07) is 33.8. The van der Waals surface area contributed by atoms with Crippen LogP contribution in [0.2, 0.25) is 0 Å². The summed E-state index contributed by atoms with van der Waals surface area (Å²) in [7, 11) is 1.90. The highest BCUT2D eigenvalue weighted by Gasteiger charge is 2.44. The molecule has 1 aliphatic rings. The highest BCUT2D eigenvalue weighted by atomic mass is 16.2. The fraction of sp³-hybridized carbons (Fsp3) is 0.270. The van der Waals surface area contributed by atoms with Crippen molar-refractivity contribution in [3.8, 4) is 0 Å². The van der Waals surface area contributed by atoms with E-state index in [1.54, 1.807) is 0 Å². The molecule has 5 rings (SSSR count). The lowest BCUT2D eigenvalue weighted by molar-refractivity contribution is -0.138. The Morgan fingerprint density at radius 3 is 2.20 bits per heavy atom. The Morgan fingerprint density at radius 2 is 1.52 bits per heavy atom. The van der Waals surface area contributed by atoms with Crippen LogP contribution in [0.15, 0.2) is 103 Å². The largest absolute Gasteiger partial charge is 0.341 e. The van der Waals surface area contributed by atoms with Crippen LogP contribution in [0.25, 0.3) is 12.2 Å². The van der Waals surface area contributed by atoms with Gasteiger partial charge in [0.25, 0.3) is 0 Å². The number of anilines is 1. The fourth-order valence-electron chi connectivity index (χ4n) is 5.94. The lowest BCUT2D eigenvalue weighted by Crippen LogP contribution is -2.52. The Kier molecular flexibility index (Phi) is 10.2. The number of likely N-dealkylation sites (N-methyl/N-ethyl adjacent to an activating group) is 1. The highest BCUT2D eigenvalue weighted by Crippen LogP contribution is 2.37. The highest BCUT2D eigenvalue weighted by molar-refractivity contribution is 5.90. The minimum atomic E-state index is -0.558. The number of aromatic nitrogens is 1. The molecule has 2 heterocycles. The lowest BCUT2D eigenvalue weighted by Gasteiger charge is -2.43. The van der Waals surface area contributed by atoms with E-state index in [4.69, 9.17) is 0 Å². The molecule has 0 atom stereocenters. The Balaban J connectivity index is 1.14. The van der Waals surface area contributed by atoms with Crippen molar-refractivity contribution in [2.24, 2.45) is 0 Å². The number of likely N-dealkylation sites (tertiary alicyclic amines) is 1. The summed E-state index contributed by atoms with van der Waals surface area (Å²) in [5.74, 6) is 0.162. The van der Waals surface area contributed by atoms with Gasteiger partial charge in [0, 0.05) is 38.1 Å². The molecule has 1 aliphatic heterocycles. The van der Waals surface area contributed by atoms with E-state index >= 15 is 0 Å². The van der Waals surface area contributed by atoms with Crippen molar-refractivity contribution in [3.05, 3.63) is 131 Å². The normalized spacial score (nSPS) is 14.7. The molecular weight excluding hydrogens is 546 g/mol. The van der Waals surface area contributed by atoms with Crippen LogP contribution in [0.4, 0.5) is 10.5 Å². The maximum atomic E-state index is 14.0. The second-order valence-electron chi connectivity index (χ2n) is 11.5. The minimum absolute atomic E-state index is 0.162. The number of aryl methyl sites for hydroxylation is 1. The van der Waals surface area contributed by atoms with Gasteiger partial charge in [0.1, 0.15) is 0 Å². The van der Waals surface area contributed by atoms with Gasteiger partial charge in [-0.15, -0.1) is 0 Å². The van der Waals surface area contributed by atoms with Crippen molar-refractivity contribution in [1.29, 1.82) is 0 Å². The number of amides is 3. The molecule has 226 valence electrons. The van der Waals surface area contributed by atoms with Crippen molar-refractivity contribution in [3.63, 3.8) is 0 Å². The molecule has 0 unspecified atom stereocenters. The SMILES string of the molecule is Cc1cc(NC(=O)NCCN2CCC(C(=O)N(C)Cc3ccccc3)(c3ccccc3)CC2)cc(/C=C/c2ccccc2)n1. The van der Waals surface area contributed by atoms with E-state index in [2.05, 4.69) is 44.8 Å². The van der Waals surface area contributed by atoms with Crippen molar-refractivity contribution in [2.75, 3.05) is 38.5 Å². The summed E-state index contributed by atoms with van der Waals surface area (Å²) in [5, 5.41) is 5.94. The third kappa shape index (κ3) is 7.99. The summed E-state index contributed by atoms with van der Waals surface area (Å²) in [6.07, 6.45) is 5.42. The smallest absolute Gasteiger partial charge is 0.319 e. The van der Waals surface area contributed by atoms with E-state index in [1.165, 1.54) is 0 Å². The molecule has 1 aromatic heterocycles. The molecule has 0 saturated carbocycles. The second kappa shape index (κ2) is 14.6. The molecule has 7 heteroatoms. The van der Waals surface area contributed by atoms with Gasteiger partial charge in [0.2, 0.25) is 5.91 Å². The monoisotopic (exact) mass is 587 g/mol. The zero-order chi connectivity index (χ0) is 30.8. The van der Waals surface area contributed by atoms with Gasteiger partial charge in [0.15, 0.2) is 0 Å². The molecule has 0 bridgehead atoms. The van der Waals surface area contributed by atoms with E-state index in [9.17, 15) is 9.59 Å². The molecule has 3 aromatic carbocycles. The Morgan fingerprint density at radius 1 is 0.886 bits per heavy atom. The molecule has 4 aromatic rings. The van der Waals surface area contributed by atoms with Crippen molar-refractivity contribution < 1.29 is 9.59 Å². The van der Waals surface area contributed by atoms with E-state index in [1.807, 2.05) is 110 Å². The number of nitrogens with one attached hydrogen (secondary N) is 2. The third-order valence-electron chi connectivity index (χ3n) is 8.25. The molecule has 1 fully saturated rings. The standard InChI is InChI=1S/C37H41N5O2/c1-29-26-34(27-33(39-29)19-18-30-12-6-3-7-13-30)40-36(44)38-22-25-42-23-20-37(21-24-42,32-16-10-5-11-17-32)35(43)41(2)28-31-14-8-4-9-15-31/h3-19,26-27H,20-25,28H2,1-2H3,(H2,38,39,40,44)/b19-18+. The summed E-state index contributed by atoms with van der Waals surface area (Å²) < 4.78 is 0.